The summed E-state index contributed by atoms with van der Waals surface area (Å²) in [6.45, 7) is 2.80. The normalized spacial score (nSPS) is 20.4. The molecule has 0 atom stereocenters. The number of benzene rings is 1. The van der Waals surface area contributed by atoms with Gasteiger partial charge in [-0.1, -0.05) is 30.3 Å². The molecule has 1 aliphatic heterocycles. The number of esters is 1. The summed E-state index contributed by atoms with van der Waals surface area (Å²) in [5.74, 6) is -0.559. The standard InChI is InChI=1S/C19H25N3O4S/c1-21-17(19(23)26-2)8-9-18(21)27(24,25)20-16-10-12-22(13-11-16)14-15-6-4-3-5-7-15/h3-9,16,20H,10-14H2,1-2H3/p+1. The molecule has 1 aliphatic rings. The van der Waals surface area contributed by atoms with Crippen molar-refractivity contribution in [3.05, 3.63) is 53.7 Å². The Hall–Kier alpha value is -2.16. The van der Waals surface area contributed by atoms with Gasteiger partial charge < -0.3 is 14.2 Å². The summed E-state index contributed by atoms with van der Waals surface area (Å²) in [5.41, 5.74) is 1.51. The van der Waals surface area contributed by atoms with E-state index in [2.05, 4.69) is 21.6 Å². The van der Waals surface area contributed by atoms with Gasteiger partial charge in [0.1, 0.15) is 12.2 Å². The predicted octanol–water partition coefficient (Wildman–Crippen LogP) is 0.338. The largest absolute Gasteiger partial charge is 0.464 e. The molecule has 1 fully saturated rings. The van der Waals surface area contributed by atoms with Gasteiger partial charge in [0.25, 0.3) is 10.0 Å². The van der Waals surface area contributed by atoms with Crippen molar-refractivity contribution in [1.82, 2.24) is 9.29 Å². The van der Waals surface area contributed by atoms with Crippen LogP contribution in [-0.4, -0.2) is 45.2 Å². The minimum absolute atomic E-state index is 0.0713. The Labute approximate surface area is 160 Å². The molecule has 1 aromatic heterocycles. The van der Waals surface area contributed by atoms with Gasteiger partial charge in [0.15, 0.2) is 5.03 Å². The van der Waals surface area contributed by atoms with E-state index in [1.54, 1.807) is 7.05 Å². The molecule has 2 aromatic rings. The third kappa shape index (κ3) is 4.58. The van der Waals surface area contributed by atoms with E-state index in [1.165, 1.54) is 34.3 Å². The topological polar surface area (TPSA) is 81.8 Å². The van der Waals surface area contributed by atoms with E-state index in [4.69, 9.17) is 0 Å². The summed E-state index contributed by atoms with van der Waals surface area (Å²) >= 11 is 0. The van der Waals surface area contributed by atoms with Crippen molar-refractivity contribution in [1.29, 1.82) is 0 Å². The Kier molecular flexibility index (Phi) is 5.98. The average Bonchev–Trinajstić information content (AvgIpc) is 3.06. The molecule has 7 nitrogen and oxygen atoms in total. The Bertz CT molecular complexity index is 885. The summed E-state index contributed by atoms with van der Waals surface area (Å²) in [5, 5.41) is 0.0713. The van der Waals surface area contributed by atoms with Crippen molar-refractivity contribution >= 4 is 16.0 Å². The van der Waals surface area contributed by atoms with E-state index in [-0.39, 0.29) is 16.8 Å². The summed E-state index contributed by atoms with van der Waals surface area (Å²) in [4.78, 5) is 13.2. The molecule has 0 radical (unpaired) electrons. The molecule has 27 heavy (non-hydrogen) atoms. The summed E-state index contributed by atoms with van der Waals surface area (Å²) in [6.07, 6.45) is 1.57. The fraction of sp³-hybridized carbons (Fsp3) is 0.421. The number of hydrogen-bond acceptors (Lipinski definition) is 4. The third-order valence-electron chi connectivity index (χ3n) is 5.06. The lowest BCUT2D eigenvalue weighted by Crippen LogP contribution is -3.12. The maximum atomic E-state index is 12.7. The second kappa shape index (κ2) is 8.24. The molecule has 0 saturated carbocycles. The lowest BCUT2D eigenvalue weighted by molar-refractivity contribution is -0.918. The monoisotopic (exact) mass is 392 g/mol. The van der Waals surface area contributed by atoms with Crippen LogP contribution in [0.3, 0.4) is 0 Å². The zero-order valence-corrected chi connectivity index (χ0v) is 16.5. The van der Waals surface area contributed by atoms with Gasteiger partial charge in [-0.15, -0.1) is 0 Å². The molecule has 0 amide bonds. The number of nitrogens with zero attached hydrogens (tertiary/aromatic N) is 1. The van der Waals surface area contributed by atoms with Crippen molar-refractivity contribution in [2.45, 2.75) is 30.5 Å². The van der Waals surface area contributed by atoms with E-state index >= 15 is 0 Å². The maximum Gasteiger partial charge on any atom is 0.354 e. The number of methoxy groups -OCH3 is 1. The van der Waals surface area contributed by atoms with Crippen molar-refractivity contribution in [3.63, 3.8) is 0 Å². The number of rotatable bonds is 6. The van der Waals surface area contributed by atoms with Crippen LogP contribution in [0.2, 0.25) is 0 Å². The van der Waals surface area contributed by atoms with Crippen LogP contribution in [0.15, 0.2) is 47.5 Å². The number of piperidine rings is 1. The van der Waals surface area contributed by atoms with E-state index in [0.29, 0.717) is 0 Å². The molecule has 1 aromatic carbocycles. The fourth-order valence-corrected chi connectivity index (χ4v) is 5.06. The predicted molar refractivity (Wildman–Crippen MR) is 101 cm³/mol. The average molecular weight is 393 g/mol. The number of hydrogen-bond donors (Lipinski definition) is 2. The van der Waals surface area contributed by atoms with E-state index in [1.807, 2.05) is 18.2 Å². The zero-order valence-electron chi connectivity index (χ0n) is 15.6. The fourth-order valence-electron chi connectivity index (χ4n) is 3.56. The van der Waals surface area contributed by atoms with Gasteiger partial charge >= 0.3 is 5.97 Å². The van der Waals surface area contributed by atoms with Gasteiger partial charge in [-0.3, -0.25) is 0 Å². The lowest BCUT2D eigenvalue weighted by atomic mass is 10.1. The highest BCUT2D eigenvalue weighted by atomic mass is 32.2. The van der Waals surface area contributed by atoms with Gasteiger partial charge in [-0.2, -0.15) is 0 Å². The molecule has 0 unspecified atom stereocenters. The second-order valence-electron chi connectivity index (χ2n) is 6.92. The number of carbonyl (C=O) groups excluding carboxylic acids is 1. The molecule has 2 N–H and O–H groups in total. The molecular formula is C19H26N3O4S+. The Balaban J connectivity index is 1.60. The van der Waals surface area contributed by atoms with E-state index < -0.39 is 16.0 Å². The van der Waals surface area contributed by atoms with E-state index in [0.717, 1.165) is 32.5 Å². The number of ether oxygens (including phenoxy) is 1. The molecule has 1 saturated heterocycles. The number of sulfonamides is 1. The Morgan fingerprint density at radius 2 is 1.85 bits per heavy atom. The maximum absolute atomic E-state index is 12.7. The zero-order chi connectivity index (χ0) is 19.4. The van der Waals surface area contributed by atoms with E-state index in [9.17, 15) is 13.2 Å². The van der Waals surface area contributed by atoms with Crippen LogP contribution >= 0.6 is 0 Å². The Morgan fingerprint density at radius 1 is 1.19 bits per heavy atom. The summed E-state index contributed by atoms with van der Waals surface area (Å²) in [7, 11) is -0.872. The number of carbonyl (C=O) groups is 1. The molecule has 3 rings (SSSR count). The van der Waals surface area contributed by atoms with Gasteiger partial charge in [0.2, 0.25) is 0 Å². The SMILES string of the molecule is COC(=O)c1ccc(S(=O)(=O)NC2CC[NH+](Cc3ccccc3)CC2)n1C. The molecule has 0 spiro atoms. The van der Waals surface area contributed by atoms with Crippen LogP contribution < -0.4 is 9.62 Å². The summed E-state index contributed by atoms with van der Waals surface area (Å²) in [6, 6.07) is 13.1. The van der Waals surface area contributed by atoms with Crippen LogP contribution in [-0.2, 0) is 28.4 Å². The van der Waals surface area contributed by atoms with Gasteiger partial charge in [-0.05, 0) is 12.1 Å². The minimum Gasteiger partial charge on any atom is -0.464 e. The summed E-state index contributed by atoms with van der Waals surface area (Å²) < 4.78 is 34.3. The van der Waals surface area contributed by atoms with Gasteiger partial charge in [0.05, 0.1) is 20.2 Å². The first kappa shape index (κ1) is 19.6. The number of quaternary nitrogens is 1. The molecule has 0 bridgehead atoms. The first-order chi connectivity index (χ1) is 12.9. The highest BCUT2D eigenvalue weighted by molar-refractivity contribution is 7.89. The Morgan fingerprint density at radius 3 is 2.48 bits per heavy atom. The van der Waals surface area contributed by atoms with Crippen LogP contribution in [0.1, 0.15) is 28.9 Å². The minimum atomic E-state index is -3.69. The quantitative estimate of drug-likeness (QED) is 0.695. The molecule has 2 heterocycles. The van der Waals surface area contributed by atoms with Crippen molar-refractivity contribution in [2.75, 3.05) is 20.2 Å². The van der Waals surface area contributed by atoms with Crippen molar-refractivity contribution in [3.8, 4) is 0 Å². The molecular weight excluding hydrogens is 366 g/mol. The van der Waals surface area contributed by atoms with Crippen LogP contribution in [0.4, 0.5) is 0 Å². The molecule has 8 heteroatoms. The molecule has 146 valence electrons. The van der Waals surface area contributed by atoms with Crippen LogP contribution in [0.5, 0.6) is 0 Å². The number of likely N-dealkylation sites (tertiary alicyclic amines) is 1. The van der Waals surface area contributed by atoms with Gasteiger partial charge in [-0.25, -0.2) is 17.9 Å². The highest BCUT2D eigenvalue weighted by Crippen LogP contribution is 2.16. The van der Waals surface area contributed by atoms with Gasteiger partial charge in [0, 0.05) is 31.5 Å². The first-order valence-electron chi connectivity index (χ1n) is 9.04. The van der Waals surface area contributed by atoms with Crippen molar-refractivity contribution in [2.24, 2.45) is 7.05 Å². The van der Waals surface area contributed by atoms with Crippen molar-refractivity contribution < 1.29 is 22.8 Å². The second-order valence-corrected chi connectivity index (χ2v) is 8.58. The molecule has 0 aliphatic carbocycles. The first-order valence-corrected chi connectivity index (χ1v) is 10.5. The highest BCUT2D eigenvalue weighted by Gasteiger charge is 2.29. The smallest absolute Gasteiger partial charge is 0.354 e. The number of aromatic nitrogens is 1. The van der Waals surface area contributed by atoms with Crippen LogP contribution in [0, 0.1) is 0 Å². The lowest BCUT2D eigenvalue weighted by Gasteiger charge is -2.29. The number of nitrogens with one attached hydrogen (secondary N) is 2. The van der Waals surface area contributed by atoms with Crippen LogP contribution in [0.25, 0.3) is 0 Å². The third-order valence-corrected chi connectivity index (χ3v) is 6.66.